The molecule has 1 aromatic rings. The Bertz CT molecular complexity index is 498. The summed E-state index contributed by atoms with van der Waals surface area (Å²) in [5.41, 5.74) is 0.884. The van der Waals surface area contributed by atoms with Gasteiger partial charge in [0.05, 0.1) is 6.10 Å². The van der Waals surface area contributed by atoms with Crippen molar-refractivity contribution in [3.05, 3.63) is 35.4 Å². The molecule has 0 aliphatic heterocycles. The average Bonchev–Trinajstić information content (AvgIpc) is 2.43. The van der Waals surface area contributed by atoms with E-state index < -0.39 is 6.10 Å². The maximum atomic E-state index is 12.0. The van der Waals surface area contributed by atoms with Crippen molar-refractivity contribution in [2.45, 2.75) is 26.4 Å². The van der Waals surface area contributed by atoms with Crippen LogP contribution >= 0.6 is 0 Å². The largest absolute Gasteiger partial charge is 0.391 e. The summed E-state index contributed by atoms with van der Waals surface area (Å²) < 4.78 is 0. The quantitative estimate of drug-likeness (QED) is 0.835. The Balaban J connectivity index is 2.66. The number of hydrogen-bond acceptors (Lipinski definition) is 3. The number of hydrogen-bond donors (Lipinski definition) is 2. The van der Waals surface area contributed by atoms with Crippen LogP contribution in [0.2, 0.25) is 0 Å². The number of benzene rings is 1. The minimum Gasteiger partial charge on any atom is -0.391 e. The standard InChI is InChI=1S/C16H24N2O3/c1-11(2)8-14(19)10-17-15(20)12-6-5-7-13(9-12)16(21)18(3)4/h5-7,9,11,14,19H,8,10H2,1-4H3,(H,17,20). The van der Waals surface area contributed by atoms with Gasteiger partial charge in [-0.05, 0) is 30.5 Å². The van der Waals surface area contributed by atoms with Crippen molar-refractivity contribution in [2.75, 3.05) is 20.6 Å². The molecule has 1 atom stereocenters. The predicted molar refractivity (Wildman–Crippen MR) is 82.3 cm³/mol. The first kappa shape index (κ1) is 17.2. The van der Waals surface area contributed by atoms with E-state index in [1.807, 2.05) is 13.8 Å². The maximum absolute atomic E-state index is 12.0. The molecule has 0 aromatic heterocycles. The van der Waals surface area contributed by atoms with Gasteiger partial charge in [0.15, 0.2) is 0 Å². The van der Waals surface area contributed by atoms with Crippen LogP contribution in [0.1, 0.15) is 41.0 Å². The summed E-state index contributed by atoms with van der Waals surface area (Å²) in [6.07, 6.45) is 0.0833. The van der Waals surface area contributed by atoms with Crippen LogP contribution in [-0.2, 0) is 0 Å². The van der Waals surface area contributed by atoms with Gasteiger partial charge < -0.3 is 15.3 Å². The van der Waals surface area contributed by atoms with Crippen molar-refractivity contribution in [1.82, 2.24) is 10.2 Å². The third-order valence-electron chi connectivity index (χ3n) is 3.02. The van der Waals surface area contributed by atoms with E-state index in [-0.39, 0.29) is 18.4 Å². The lowest BCUT2D eigenvalue weighted by atomic mass is 10.1. The van der Waals surface area contributed by atoms with Gasteiger partial charge in [-0.2, -0.15) is 0 Å². The first-order valence-electron chi connectivity index (χ1n) is 7.09. The summed E-state index contributed by atoms with van der Waals surface area (Å²) in [6, 6.07) is 6.56. The topological polar surface area (TPSA) is 69.6 Å². The van der Waals surface area contributed by atoms with E-state index in [0.717, 1.165) is 0 Å². The maximum Gasteiger partial charge on any atom is 0.253 e. The third-order valence-corrected chi connectivity index (χ3v) is 3.02. The number of rotatable bonds is 6. The zero-order chi connectivity index (χ0) is 16.0. The van der Waals surface area contributed by atoms with E-state index in [4.69, 9.17) is 0 Å². The molecular weight excluding hydrogens is 268 g/mol. The van der Waals surface area contributed by atoms with Gasteiger partial charge in [-0.25, -0.2) is 0 Å². The van der Waals surface area contributed by atoms with Crippen molar-refractivity contribution in [2.24, 2.45) is 5.92 Å². The molecule has 1 rings (SSSR count). The molecule has 116 valence electrons. The van der Waals surface area contributed by atoms with Crippen LogP contribution < -0.4 is 5.32 Å². The van der Waals surface area contributed by atoms with Gasteiger partial charge in [-0.3, -0.25) is 9.59 Å². The molecule has 0 bridgehead atoms. The van der Waals surface area contributed by atoms with Gasteiger partial charge in [0.25, 0.3) is 11.8 Å². The number of nitrogens with one attached hydrogen (secondary N) is 1. The smallest absolute Gasteiger partial charge is 0.253 e. The highest BCUT2D eigenvalue weighted by Gasteiger charge is 2.13. The van der Waals surface area contributed by atoms with Gasteiger partial charge in [0, 0.05) is 31.8 Å². The highest BCUT2D eigenvalue weighted by molar-refractivity contribution is 5.99. The zero-order valence-electron chi connectivity index (χ0n) is 13.1. The molecule has 0 aliphatic carbocycles. The Morgan fingerprint density at radius 3 is 2.43 bits per heavy atom. The molecule has 21 heavy (non-hydrogen) atoms. The number of aliphatic hydroxyl groups excluding tert-OH is 1. The molecular formula is C16H24N2O3. The second-order valence-corrected chi connectivity index (χ2v) is 5.77. The molecule has 0 aliphatic rings. The zero-order valence-corrected chi connectivity index (χ0v) is 13.1. The van der Waals surface area contributed by atoms with Crippen molar-refractivity contribution < 1.29 is 14.7 Å². The molecule has 0 heterocycles. The van der Waals surface area contributed by atoms with E-state index in [1.165, 1.54) is 4.90 Å². The molecule has 0 saturated heterocycles. The van der Waals surface area contributed by atoms with Crippen molar-refractivity contribution >= 4 is 11.8 Å². The van der Waals surface area contributed by atoms with E-state index >= 15 is 0 Å². The van der Waals surface area contributed by atoms with Crippen LogP contribution in [0.15, 0.2) is 24.3 Å². The highest BCUT2D eigenvalue weighted by atomic mass is 16.3. The molecule has 0 saturated carbocycles. The highest BCUT2D eigenvalue weighted by Crippen LogP contribution is 2.08. The average molecular weight is 292 g/mol. The Morgan fingerprint density at radius 2 is 1.86 bits per heavy atom. The molecule has 5 heteroatoms. The molecule has 0 spiro atoms. The number of nitrogens with zero attached hydrogens (tertiary/aromatic N) is 1. The first-order valence-corrected chi connectivity index (χ1v) is 7.09. The molecule has 0 radical (unpaired) electrons. The molecule has 1 unspecified atom stereocenters. The lowest BCUT2D eigenvalue weighted by Gasteiger charge is -2.14. The van der Waals surface area contributed by atoms with Crippen LogP contribution in [0.5, 0.6) is 0 Å². The van der Waals surface area contributed by atoms with Crippen LogP contribution in [0, 0.1) is 5.92 Å². The third kappa shape index (κ3) is 5.55. The van der Waals surface area contributed by atoms with Gasteiger partial charge in [0.2, 0.25) is 0 Å². The Labute approximate surface area is 126 Å². The Kier molecular flexibility index (Phi) is 6.37. The Hall–Kier alpha value is -1.88. The lowest BCUT2D eigenvalue weighted by Crippen LogP contribution is -2.33. The number of aliphatic hydroxyl groups is 1. The summed E-state index contributed by atoms with van der Waals surface area (Å²) >= 11 is 0. The van der Waals surface area contributed by atoms with Crippen LogP contribution in [0.3, 0.4) is 0 Å². The Morgan fingerprint density at radius 1 is 1.24 bits per heavy atom. The second-order valence-electron chi connectivity index (χ2n) is 5.77. The fraction of sp³-hybridized carbons (Fsp3) is 0.500. The first-order chi connectivity index (χ1) is 9.81. The van der Waals surface area contributed by atoms with E-state index in [9.17, 15) is 14.7 Å². The molecule has 2 N–H and O–H groups in total. The minimum atomic E-state index is -0.555. The predicted octanol–water partition coefficient (Wildman–Crippen LogP) is 1.53. The molecule has 0 fully saturated rings. The fourth-order valence-electron chi connectivity index (χ4n) is 1.99. The van der Waals surface area contributed by atoms with E-state index in [1.54, 1.807) is 38.4 Å². The van der Waals surface area contributed by atoms with Gasteiger partial charge in [-0.1, -0.05) is 19.9 Å². The van der Waals surface area contributed by atoms with Crippen LogP contribution in [0.25, 0.3) is 0 Å². The van der Waals surface area contributed by atoms with Crippen molar-refractivity contribution in [3.63, 3.8) is 0 Å². The lowest BCUT2D eigenvalue weighted by molar-refractivity contribution is 0.0827. The number of carbonyl (C=O) groups is 2. The van der Waals surface area contributed by atoms with Gasteiger partial charge >= 0.3 is 0 Å². The molecule has 1 aromatic carbocycles. The van der Waals surface area contributed by atoms with E-state index in [0.29, 0.717) is 23.5 Å². The van der Waals surface area contributed by atoms with Crippen molar-refractivity contribution in [3.8, 4) is 0 Å². The minimum absolute atomic E-state index is 0.149. The second kappa shape index (κ2) is 7.78. The SMILES string of the molecule is CC(C)CC(O)CNC(=O)c1cccc(C(=O)N(C)C)c1. The van der Waals surface area contributed by atoms with Crippen LogP contribution in [-0.4, -0.2) is 48.6 Å². The van der Waals surface area contributed by atoms with E-state index in [2.05, 4.69) is 5.32 Å². The summed E-state index contributed by atoms with van der Waals surface area (Å²) in [5, 5.41) is 12.4. The summed E-state index contributed by atoms with van der Waals surface area (Å²) in [5.74, 6) is -0.0614. The molecule has 2 amide bonds. The summed E-state index contributed by atoms with van der Waals surface area (Å²) in [7, 11) is 3.33. The summed E-state index contributed by atoms with van der Waals surface area (Å²) in [6.45, 7) is 4.24. The van der Waals surface area contributed by atoms with Gasteiger partial charge in [0.1, 0.15) is 0 Å². The molecule has 5 nitrogen and oxygen atoms in total. The number of amides is 2. The monoisotopic (exact) mass is 292 g/mol. The number of carbonyl (C=O) groups excluding carboxylic acids is 2. The van der Waals surface area contributed by atoms with Crippen LogP contribution in [0.4, 0.5) is 0 Å². The summed E-state index contributed by atoms with van der Waals surface area (Å²) in [4.78, 5) is 25.4. The fourth-order valence-corrected chi connectivity index (χ4v) is 1.99. The van der Waals surface area contributed by atoms with Crippen molar-refractivity contribution in [1.29, 1.82) is 0 Å². The van der Waals surface area contributed by atoms with Gasteiger partial charge in [-0.15, -0.1) is 0 Å². The normalized spacial score (nSPS) is 12.1.